The smallest absolute Gasteiger partial charge is 0.328 e. The molecule has 0 aromatic carbocycles. The zero-order valence-electron chi connectivity index (χ0n) is 18.4. The van der Waals surface area contributed by atoms with Gasteiger partial charge in [0.25, 0.3) is 0 Å². The van der Waals surface area contributed by atoms with Gasteiger partial charge in [-0.3, -0.25) is 0 Å². The lowest BCUT2D eigenvalue weighted by atomic mass is 9.97. The molecule has 0 fully saturated rings. The van der Waals surface area contributed by atoms with Crippen LogP contribution in [0, 0.1) is 0 Å². The number of hydrogen-bond donors (Lipinski definition) is 3. The van der Waals surface area contributed by atoms with Crippen LogP contribution in [0.4, 0.5) is 0 Å². The van der Waals surface area contributed by atoms with Gasteiger partial charge < -0.3 is 15.6 Å². The molecule has 0 amide bonds. The average molecular weight is 421 g/mol. The zero-order valence-corrected chi connectivity index (χ0v) is 18.4. The maximum absolute atomic E-state index is 9.55. The Morgan fingerprint density at radius 1 is 0.733 bits per heavy atom. The predicted octanol–water partition coefficient (Wildman–Crippen LogP) is 5.84. The lowest BCUT2D eigenvalue weighted by Gasteiger charge is -2.12. The summed E-state index contributed by atoms with van der Waals surface area (Å²) in [5.74, 6) is -2.51. The van der Waals surface area contributed by atoms with Crippen molar-refractivity contribution in [2.45, 2.75) is 103 Å². The van der Waals surface area contributed by atoms with E-state index < -0.39 is 11.9 Å². The third-order valence-electron chi connectivity index (χ3n) is 5.45. The zero-order chi connectivity index (χ0) is 21.9. The Balaban J connectivity index is 0.000000479. The van der Waals surface area contributed by atoms with Crippen molar-refractivity contribution in [3.05, 3.63) is 23.8 Å². The minimum absolute atomic E-state index is 0.558. The molecular weight excluding hydrogens is 380 g/mol. The molecule has 0 aromatic rings. The third kappa shape index (κ3) is 14.8. The normalized spacial score (nSPS) is 20.1. The van der Waals surface area contributed by atoms with Gasteiger partial charge in [0.2, 0.25) is 0 Å². The maximum atomic E-state index is 9.55. The maximum Gasteiger partial charge on any atom is 0.328 e. The monoisotopic (exact) mass is 420 g/mol. The molecule has 0 aromatic heterocycles. The molecule has 0 unspecified atom stereocenters. The van der Waals surface area contributed by atoms with Crippen LogP contribution in [0.25, 0.3) is 0 Å². The molecule has 1 heterocycles. The highest BCUT2D eigenvalue weighted by Gasteiger charge is 2.09. The first-order chi connectivity index (χ1) is 14.6. The van der Waals surface area contributed by atoms with Crippen molar-refractivity contribution in [2.75, 3.05) is 6.54 Å². The Kier molecular flexibility index (Phi) is 15.3. The van der Waals surface area contributed by atoms with E-state index in [9.17, 15) is 9.59 Å². The summed E-state index contributed by atoms with van der Waals surface area (Å²) in [6, 6.07) is 0. The highest BCUT2D eigenvalue weighted by molar-refractivity contribution is 5.99. The van der Waals surface area contributed by atoms with Crippen LogP contribution in [0.2, 0.25) is 0 Å². The molecule has 1 aliphatic heterocycles. The van der Waals surface area contributed by atoms with E-state index in [1.165, 1.54) is 108 Å². The van der Waals surface area contributed by atoms with Crippen LogP contribution < -0.4 is 5.43 Å². The molecule has 2 rings (SSSR count). The molecule has 6 heteroatoms. The molecule has 0 spiro atoms. The summed E-state index contributed by atoms with van der Waals surface area (Å²) in [6.45, 7) is 1.05. The Bertz CT molecular complexity index is 532. The summed E-state index contributed by atoms with van der Waals surface area (Å²) in [6.07, 6.45) is 25.3. The summed E-state index contributed by atoms with van der Waals surface area (Å²) in [5.41, 5.74) is 6.29. The number of carboxylic acid groups (broad SMARTS) is 2. The number of hydrogen-bond acceptors (Lipinski definition) is 4. The van der Waals surface area contributed by atoms with Crippen molar-refractivity contribution in [3.8, 4) is 0 Å². The number of nitrogens with zero attached hydrogens (tertiary/aromatic N) is 1. The van der Waals surface area contributed by atoms with E-state index in [0.717, 1.165) is 6.54 Å². The fourth-order valence-electron chi connectivity index (χ4n) is 3.77. The van der Waals surface area contributed by atoms with E-state index in [0.29, 0.717) is 12.2 Å². The summed E-state index contributed by atoms with van der Waals surface area (Å²) < 4.78 is 0. The van der Waals surface area contributed by atoms with Gasteiger partial charge in [0.15, 0.2) is 0 Å². The van der Waals surface area contributed by atoms with Crippen LogP contribution >= 0.6 is 0 Å². The van der Waals surface area contributed by atoms with E-state index in [1.807, 2.05) is 0 Å². The first-order valence-corrected chi connectivity index (χ1v) is 11.7. The molecule has 0 radical (unpaired) electrons. The van der Waals surface area contributed by atoms with Crippen molar-refractivity contribution in [1.82, 2.24) is 5.43 Å². The SMILES string of the molecule is C1=C(C2=NNCCCCCCCC2)CCCCCCCCC1.O=C(O)/C=C\C(=O)O. The summed E-state index contributed by atoms with van der Waals surface area (Å²) in [5, 5.41) is 20.4. The number of carboxylic acids is 2. The molecule has 0 saturated heterocycles. The van der Waals surface area contributed by atoms with Crippen LogP contribution in [-0.2, 0) is 9.59 Å². The summed E-state index contributed by atoms with van der Waals surface area (Å²) >= 11 is 0. The molecule has 2 aliphatic rings. The van der Waals surface area contributed by atoms with Crippen molar-refractivity contribution in [2.24, 2.45) is 5.10 Å². The summed E-state index contributed by atoms with van der Waals surface area (Å²) in [7, 11) is 0. The van der Waals surface area contributed by atoms with E-state index in [1.54, 1.807) is 5.57 Å². The van der Waals surface area contributed by atoms with E-state index in [4.69, 9.17) is 15.3 Å². The van der Waals surface area contributed by atoms with Crippen molar-refractivity contribution < 1.29 is 19.8 Å². The van der Waals surface area contributed by atoms with Gasteiger partial charge in [0, 0.05) is 18.7 Å². The second kappa shape index (κ2) is 17.7. The molecular formula is C24H40N2O4. The highest BCUT2D eigenvalue weighted by Crippen LogP contribution is 2.20. The number of nitrogens with one attached hydrogen (secondary N) is 1. The number of carbonyl (C=O) groups is 2. The number of allylic oxidation sites excluding steroid dienone is 2. The van der Waals surface area contributed by atoms with Gasteiger partial charge >= 0.3 is 11.9 Å². The number of aliphatic carboxylic acids is 2. The van der Waals surface area contributed by atoms with Crippen LogP contribution in [0.1, 0.15) is 103 Å². The second-order valence-corrected chi connectivity index (χ2v) is 8.09. The Morgan fingerprint density at radius 3 is 1.83 bits per heavy atom. The first-order valence-electron chi connectivity index (χ1n) is 11.7. The molecule has 1 aliphatic carbocycles. The minimum Gasteiger partial charge on any atom is -0.478 e. The van der Waals surface area contributed by atoms with E-state index >= 15 is 0 Å². The summed E-state index contributed by atoms with van der Waals surface area (Å²) in [4.78, 5) is 19.1. The lowest BCUT2D eigenvalue weighted by Crippen LogP contribution is -2.14. The Morgan fingerprint density at radius 2 is 1.23 bits per heavy atom. The average Bonchev–Trinajstić information content (AvgIpc) is 2.82. The fourth-order valence-corrected chi connectivity index (χ4v) is 3.77. The number of hydrazone groups is 1. The van der Waals surface area contributed by atoms with Gasteiger partial charge in [0.1, 0.15) is 0 Å². The molecule has 6 nitrogen and oxygen atoms in total. The van der Waals surface area contributed by atoms with Crippen molar-refractivity contribution in [3.63, 3.8) is 0 Å². The molecule has 0 atom stereocenters. The van der Waals surface area contributed by atoms with Gasteiger partial charge in [-0.05, 0) is 50.5 Å². The minimum atomic E-state index is -1.26. The van der Waals surface area contributed by atoms with Gasteiger partial charge in [0.05, 0.1) is 5.71 Å². The van der Waals surface area contributed by atoms with Crippen LogP contribution in [0.15, 0.2) is 28.9 Å². The molecule has 0 saturated carbocycles. The lowest BCUT2D eigenvalue weighted by molar-refractivity contribution is -0.134. The van der Waals surface area contributed by atoms with Gasteiger partial charge in [-0.2, -0.15) is 5.10 Å². The predicted molar refractivity (Wildman–Crippen MR) is 122 cm³/mol. The third-order valence-corrected chi connectivity index (χ3v) is 5.45. The molecule has 0 bridgehead atoms. The quantitative estimate of drug-likeness (QED) is 0.498. The standard InChI is InChI=1S/C20H36N2.C4H4O4/c1-2-4-8-12-16-19(15-11-7-3-1)20-17-13-9-5-6-10-14-18-21-22-20;5-3(6)1-2-4(7)8/h15,21H,1-14,16-18H2;1-2H,(H,5,6)(H,7,8)/b;2-1-. The fraction of sp³-hybridized carbons (Fsp3) is 0.708. The van der Waals surface area contributed by atoms with Gasteiger partial charge in [-0.25, -0.2) is 9.59 Å². The molecule has 170 valence electrons. The van der Waals surface area contributed by atoms with Crippen molar-refractivity contribution >= 4 is 17.7 Å². The first kappa shape index (κ1) is 25.9. The largest absolute Gasteiger partial charge is 0.478 e. The Labute approximate surface area is 181 Å². The highest BCUT2D eigenvalue weighted by atomic mass is 16.4. The van der Waals surface area contributed by atoms with Crippen LogP contribution in [-0.4, -0.2) is 34.4 Å². The number of rotatable bonds is 3. The molecule has 3 N–H and O–H groups in total. The van der Waals surface area contributed by atoms with E-state index in [-0.39, 0.29) is 0 Å². The molecule has 30 heavy (non-hydrogen) atoms. The topological polar surface area (TPSA) is 99.0 Å². The van der Waals surface area contributed by atoms with Gasteiger partial charge in [-0.1, -0.05) is 63.9 Å². The van der Waals surface area contributed by atoms with E-state index in [2.05, 4.69) is 11.5 Å². The van der Waals surface area contributed by atoms with Crippen LogP contribution in [0.5, 0.6) is 0 Å². The van der Waals surface area contributed by atoms with Gasteiger partial charge in [-0.15, -0.1) is 0 Å². The van der Waals surface area contributed by atoms with Crippen LogP contribution in [0.3, 0.4) is 0 Å². The van der Waals surface area contributed by atoms with Crippen molar-refractivity contribution in [1.29, 1.82) is 0 Å². The Hall–Kier alpha value is -2.11. The second-order valence-electron chi connectivity index (χ2n) is 8.09.